The molecule has 7 heteroatoms. The summed E-state index contributed by atoms with van der Waals surface area (Å²) in [6.07, 6.45) is 2.73. The molecule has 0 saturated carbocycles. The lowest BCUT2D eigenvalue weighted by Gasteiger charge is -2.20. The average Bonchev–Trinajstić information content (AvgIpc) is 3.05. The van der Waals surface area contributed by atoms with Crippen molar-refractivity contribution in [3.05, 3.63) is 11.1 Å². The van der Waals surface area contributed by atoms with E-state index in [9.17, 15) is 0 Å². The van der Waals surface area contributed by atoms with Gasteiger partial charge < -0.3 is 19.2 Å². The SMILES string of the molecule is COc1ncnc2c1[nH]c(=S)n2CC1CCN(C(C)C)C1. The number of nitrogens with zero attached hydrogens (tertiary/aromatic N) is 4. The molecule has 2 aromatic heterocycles. The molecule has 3 rings (SSSR count). The van der Waals surface area contributed by atoms with Gasteiger partial charge in [-0.1, -0.05) is 0 Å². The topological polar surface area (TPSA) is 59.0 Å². The quantitative estimate of drug-likeness (QED) is 0.878. The van der Waals surface area contributed by atoms with Crippen molar-refractivity contribution >= 4 is 23.4 Å². The van der Waals surface area contributed by atoms with E-state index in [0.717, 1.165) is 30.8 Å². The van der Waals surface area contributed by atoms with Crippen LogP contribution in [-0.2, 0) is 6.54 Å². The molecule has 1 atom stereocenters. The monoisotopic (exact) mass is 307 g/mol. The Morgan fingerprint density at radius 2 is 2.29 bits per heavy atom. The first-order valence-electron chi connectivity index (χ1n) is 7.31. The Morgan fingerprint density at radius 1 is 1.48 bits per heavy atom. The van der Waals surface area contributed by atoms with E-state index in [4.69, 9.17) is 17.0 Å². The Labute approximate surface area is 129 Å². The molecule has 21 heavy (non-hydrogen) atoms. The van der Waals surface area contributed by atoms with Gasteiger partial charge in [0.05, 0.1) is 7.11 Å². The van der Waals surface area contributed by atoms with Gasteiger partial charge in [-0.2, -0.15) is 4.98 Å². The summed E-state index contributed by atoms with van der Waals surface area (Å²) in [6.45, 7) is 7.67. The molecule has 0 bridgehead atoms. The van der Waals surface area contributed by atoms with Crippen LogP contribution in [0.1, 0.15) is 20.3 Å². The molecular weight excluding hydrogens is 286 g/mol. The molecule has 1 aliphatic rings. The van der Waals surface area contributed by atoms with Crippen molar-refractivity contribution in [2.75, 3.05) is 20.2 Å². The van der Waals surface area contributed by atoms with Crippen LogP contribution >= 0.6 is 12.2 Å². The molecule has 1 unspecified atom stereocenters. The minimum absolute atomic E-state index is 0.542. The third-order valence-electron chi connectivity index (χ3n) is 4.21. The number of hydrogen-bond acceptors (Lipinski definition) is 5. The number of aromatic nitrogens is 4. The molecule has 2 aromatic rings. The highest BCUT2D eigenvalue weighted by Crippen LogP contribution is 2.24. The van der Waals surface area contributed by atoms with Gasteiger partial charge in [0, 0.05) is 19.1 Å². The van der Waals surface area contributed by atoms with Crippen LogP contribution in [0.15, 0.2) is 6.33 Å². The van der Waals surface area contributed by atoms with Crippen LogP contribution in [0.25, 0.3) is 11.2 Å². The van der Waals surface area contributed by atoms with Crippen molar-refractivity contribution in [3.8, 4) is 5.88 Å². The minimum Gasteiger partial charge on any atom is -0.479 e. The van der Waals surface area contributed by atoms with E-state index in [-0.39, 0.29) is 0 Å². The number of nitrogens with one attached hydrogen (secondary N) is 1. The number of H-pyrrole nitrogens is 1. The Bertz CT molecular complexity index is 692. The Hall–Kier alpha value is -1.47. The third kappa shape index (κ3) is 2.67. The van der Waals surface area contributed by atoms with Crippen molar-refractivity contribution in [1.82, 2.24) is 24.4 Å². The highest BCUT2D eigenvalue weighted by Gasteiger charge is 2.25. The zero-order valence-electron chi connectivity index (χ0n) is 12.7. The van der Waals surface area contributed by atoms with Crippen LogP contribution < -0.4 is 4.74 Å². The van der Waals surface area contributed by atoms with Crippen molar-refractivity contribution in [1.29, 1.82) is 0 Å². The number of aromatic amines is 1. The fourth-order valence-corrected chi connectivity index (χ4v) is 3.27. The highest BCUT2D eigenvalue weighted by atomic mass is 32.1. The smallest absolute Gasteiger partial charge is 0.242 e. The molecule has 1 N–H and O–H groups in total. The number of rotatable bonds is 4. The lowest BCUT2D eigenvalue weighted by Crippen LogP contribution is -2.28. The third-order valence-corrected chi connectivity index (χ3v) is 4.53. The molecule has 6 nitrogen and oxygen atoms in total. The summed E-state index contributed by atoms with van der Waals surface area (Å²) in [6, 6.07) is 0.605. The Morgan fingerprint density at radius 3 is 2.95 bits per heavy atom. The standard InChI is InChI=1S/C14H21N5OS/c1-9(2)18-5-4-10(6-18)7-19-12-11(17-14(19)21)13(20-3)16-8-15-12/h8-10H,4-7H2,1-3H3,(H,17,21). The molecule has 3 heterocycles. The van der Waals surface area contributed by atoms with Crippen LogP contribution in [0.2, 0.25) is 0 Å². The molecular formula is C14H21N5OS. The van der Waals surface area contributed by atoms with Gasteiger partial charge in [-0.15, -0.1) is 0 Å². The first-order valence-corrected chi connectivity index (χ1v) is 7.72. The fourth-order valence-electron chi connectivity index (χ4n) is 3.01. The Balaban J connectivity index is 1.88. The van der Waals surface area contributed by atoms with Gasteiger partial charge in [-0.25, -0.2) is 4.98 Å². The zero-order valence-corrected chi connectivity index (χ0v) is 13.5. The van der Waals surface area contributed by atoms with Gasteiger partial charge in [-0.3, -0.25) is 0 Å². The van der Waals surface area contributed by atoms with E-state index in [1.54, 1.807) is 7.11 Å². The first kappa shape index (κ1) is 14.5. The second-order valence-electron chi connectivity index (χ2n) is 5.87. The maximum absolute atomic E-state index is 5.45. The second-order valence-corrected chi connectivity index (χ2v) is 6.25. The normalized spacial score (nSPS) is 19.7. The highest BCUT2D eigenvalue weighted by molar-refractivity contribution is 7.71. The minimum atomic E-state index is 0.542. The van der Waals surface area contributed by atoms with Crippen LogP contribution in [0, 0.1) is 10.7 Å². The summed E-state index contributed by atoms with van der Waals surface area (Å²) < 4.78 is 8.02. The summed E-state index contributed by atoms with van der Waals surface area (Å²) in [7, 11) is 1.60. The lowest BCUT2D eigenvalue weighted by molar-refractivity contribution is 0.261. The number of ether oxygens (including phenoxy) is 1. The summed E-state index contributed by atoms with van der Waals surface area (Å²) in [5.41, 5.74) is 1.61. The van der Waals surface area contributed by atoms with Crippen molar-refractivity contribution < 1.29 is 4.74 Å². The van der Waals surface area contributed by atoms with Crippen LogP contribution in [-0.4, -0.2) is 50.7 Å². The molecule has 1 aliphatic heterocycles. The number of imidazole rings is 1. The van der Waals surface area contributed by atoms with E-state index in [2.05, 4.69) is 38.3 Å². The van der Waals surface area contributed by atoms with Crippen LogP contribution in [0.5, 0.6) is 5.88 Å². The van der Waals surface area contributed by atoms with E-state index in [1.165, 1.54) is 12.7 Å². The molecule has 0 aliphatic carbocycles. The Kier molecular flexibility index (Phi) is 3.95. The van der Waals surface area contributed by atoms with Crippen molar-refractivity contribution in [3.63, 3.8) is 0 Å². The summed E-state index contributed by atoms with van der Waals surface area (Å²) in [4.78, 5) is 14.2. The largest absolute Gasteiger partial charge is 0.479 e. The average molecular weight is 307 g/mol. The number of hydrogen-bond donors (Lipinski definition) is 1. The van der Waals surface area contributed by atoms with Crippen LogP contribution in [0.4, 0.5) is 0 Å². The van der Waals surface area contributed by atoms with E-state index < -0.39 is 0 Å². The van der Waals surface area contributed by atoms with Gasteiger partial charge in [-0.05, 0) is 44.9 Å². The van der Waals surface area contributed by atoms with E-state index in [0.29, 0.717) is 22.6 Å². The summed E-state index contributed by atoms with van der Waals surface area (Å²) in [5.74, 6) is 1.15. The number of methoxy groups -OCH3 is 1. The van der Waals surface area contributed by atoms with Gasteiger partial charge in [0.15, 0.2) is 10.4 Å². The molecule has 1 fully saturated rings. The molecule has 114 valence electrons. The van der Waals surface area contributed by atoms with Gasteiger partial charge in [0.25, 0.3) is 0 Å². The molecule has 0 spiro atoms. The maximum Gasteiger partial charge on any atom is 0.242 e. The fraction of sp³-hybridized carbons (Fsp3) is 0.643. The van der Waals surface area contributed by atoms with Crippen molar-refractivity contribution in [2.24, 2.45) is 5.92 Å². The summed E-state index contributed by atoms with van der Waals surface area (Å²) in [5, 5.41) is 0. The van der Waals surface area contributed by atoms with Crippen molar-refractivity contribution in [2.45, 2.75) is 32.9 Å². The molecule has 0 radical (unpaired) electrons. The first-order chi connectivity index (χ1) is 10.1. The number of fused-ring (bicyclic) bond motifs is 1. The number of likely N-dealkylation sites (tertiary alicyclic amines) is 1. The lowest BCUT2D eigenvalue weighted by atomic mass is 10.1. The molecule has 0 aromatic carbocycles. The van der Waals surface area contributed by atoms with E-state index >= 15 is 0 Å². The van der Waals surface area contributed by atoms with Crippen LogP contribution in [0.3, 0.4) is 0 Å². The molecule has 0 amide bonds. The van der Waals surface area contributed by atoms with E-state index in [1.807, 2.05) is 0 Å². The summed E-state index contributed by atoms with van der Waals surface area (Å²) >= 11 is 5.45. The van der Waals surface area contributed by atoms with Gasteiger partial charge in [0.2, 0.25) is 5.88 Å². The molecule has 1 saturated heterocycles. The predicted octanol–water partition coefficient (Wildman–Crippen LogP) is 2.23. The maximum atomic E-state index is 5.45. The van der Waals surface area contributed by atoms with Gasteiger partial charge in [0.1, 0.15) is 11.8 Å². The zero-order chi connectivity index (χ0) is 15.0. The second kappa shape index (κ2) is 5.73. The predicted molar refractivity (Wildman–Crippen MR) is 84.1 cm³/mol. The van der Waals surface area contributed by atoms with Gasteiger partial charge >= 0.3 is 0 Å².